The maximum atomic E-state index is 12.3. The van der Waals surface area contributed by atoms with E-state index in [1.54, 1.807) is 16.0 Å². The highest BCUT2D eigenvalue weighted by molar-refractivity contribution is 5.99. The van der Waals surface area contributed by atoms with E-state index in [-0.39, 0.29) is 6.03 Å². The van der Waals surface area contributed by atoms with Crippen LogP contribution >= 0.6 is 0 Å². The lowest BCUT2D eigenvalue weighted by Crippen LogP contribution is -2.49. The van der Waals surface area contributed by atoms with Gasteiger partial charge in [-0.05, 0) is 12.1 Å². The summed E-state index contributed by atoms with van der Waals surface area (Å²) in [4.78, 5) is 30.7. The van der Waals surface area contributed by atoms with Crippen LogP contribution in [0.25, 0.3) is 10.9 Å². The number of pyridine rings is 1. The third kappa shape index (κ3) is 2.79. The molecule has 2 heterocycles. The first-order chi connectivity index (χ1) is 10.3. The summed E-state index contributed by atoms with van der Waals surface area (Å²) in [5.41, 5.74) is 1.48. The molecule has 3 rings (SSSR count). The highest BCUT2D eigenvalue weighted by Crippen LogP contribution is 2.21. The average Bonchev–Trinajstić information content (AvgIpc) is 2.55. The lowest BCUT2D eigenvalue weighted by molar-refractivity contribution is -0.119. The Hall–Kier alpha value is -2.63. The van der Waals surface area contributed by atoms with Crippen molar-refractivity contribution in [3.05, 3.63) is 36.5 Å². The van der Waals surface area contributed by atoms with Crippen molar-refractivity contribution in [3.8, 4) is 0 Å². The van der Waals surface area contributed by atoms with E-state index in [2.05, 4.69) is 10.3 Å². The molecule has 0 unspecified atom stereocenters. The van der Waals surface area contributed by atoms with Crippen LogP contribution < -0.4 is 5.32 Å². The zero-order valence-electron chi connectivity index (χ0n) is 11.5. The molecule has 0 aliphatic carbocycles. The van der Waals surface area contributed by atoms with Gasteiger partial charge in [-0.1, -0.05) is 18.2 Å². The first-order valence-corrected chi connectivity index (χ1v) is 6.87. The maximum Gasteiger partial charge on any atom is 0.322 e. The van der Waals surface area contributed by atoms with Gasteiger partial charge in [0.05, 0.1) is 11.2 Å². The third-order valence-corrected chi connectivity index (χ3v) is 3.62. The number of carbonyl (C=O) groups is 2. The Labute approximate surface area is 122 Å². The Bertz CT molecular complexity index is 660. The van der Waals surface area contributed by atoms with Crippen molar-refractivity contribution in [3.63, 3.8) is 0 Å². The Kier molecular flexibility index (Phi) is 3.68. The number of amides is 3. The van der Waals surface area contributed by atoms with Gasteiger partial charge in [0.25, 0.3) is 0 Å². The van der Waals surface area contributed by atoms with Gasteiger partial charge >= 0.3 is 6.03 Å². The fourth-order valence-electron chi connectivity index (χ4n) is 2.43. The Morgan fingerprint density at radius 2 is 1.90 bits per heavy atom. The lowest BCUT2D eigenvalue weighted by Gasteiger charge is -2.32. The minimum Gasteiger partial charge on any atom is -0.342 e. The predicted molar refractivity (Wildman–Crippen MR) is 80.0 cm³/mol. The SMILES string of the molecule is O=CN1CCN(C(=O)Nc2cccc3cccnc23)CC1. The van der Waals surface area contributed by atoms with Crippen LogP contribution in [-0.4, -0.2) is 53.4 Å². The summed E-state index contributed by atoms with van der Waals surface area (Å²) in [5, 5.41) is 3.89. The van der Waals surface area contributed by atoms with E-state index < -0.39 is 0 Å². The summed E-state index contributed by atoms with van der Waals surface area (Å²) >= 11 is 0. The minimum atomic E-state index is -0.154. The van der Waals surface area contributed by atoms with E-state index in [1.165, 1.54) is 0 Å². The number of aromatic nitrogens is 1. The number of benzene rings is 1. The fraction of sp³-hybridized carbons (Fsp3) is 0.267. The number of piperazine rings is 1. The number of fused-ring (bicyclic) bond motifs is 1. The van der Waals surface area contributed by atoms with Crippen LogP contribution in [0.15, 0.2) is 36.5 Å². The Morgan fingerprint density at radius 3 is 2.67 bits per heavy atom. The van der Waals surface area contributed by atoms with E-state index in [9.17, 15) is 9.59 Å². The molecule has 108 valence electrons. The number of carbonyl (C=O) groups excluding carboxylic acids is 2. The van der Waals surface area contributed by atoms with Crippen LogP contribution in [0.2, 0.25) is 0 Å². The standard InChI is InChI=1S/C15H16N4O2/c20-11-18-7-9-19(10-8-18)15(21)17-13-5-1-3-12-4-2-6-16-14(12)13/h1-6,11H,7-10H2,(H,17,21). The summed E-state index contributed by atoms with van der Waals surface area (Å²) < 4.78 is 0. The molecule has 1 aromatic carbocycles. The summed E-state index contributed by atoms with van der Waals surface area (Å²) in [5.74, 6) is 0. The Balaban J connectivity index is 1.73. The summed E-state index contributed by atoms with van der Waals surface area (Å²) in [6.07, 6.45) is 2.53. The first kappa shape index (κ1) is 13.4. The molecule has 2 aromatic rings. The van der Waals surface area contributed by atoms with E-state index in [1.807, 2.05) is 30.3 Å². The molecule has 6 nitrogen and oxygen atoms in total. The van der Waals surface area contributed by atoms with E-state index >= 15 is 0 Å². The summed E-state index contributed by atoms with van der Waals surface area (Å²) in [7, 11) is 0. The molecular formula is C15H16N4O2. The smallest absolute Gasteiger partial charge is 0.322 e. The second-order valence-corrected chi connectivity index (χ2v) is 4.94. The quantitative estimate of drug-likeness (QED) is 0.851. The zero-order valence-corrected chi connectivity index (χ0v) is 11.5. The highest BCUT2D eigenvalue weighted by Gasteiger charge is 2.20. The van der Waals surface area contributed by atoms with Crippen LogP contribution in [0.3, 0.4) is 0 Å². The molecule has 3 amide bonds. The largest absolute Gasteiger partial charge is 0.342 e. The number of nitrogens with zero attached hydrogens (tertiary/aromatic N) is 3. The van der Waals surface area contributed by atoms with Gasteiger partial charge in [0.1, 0.15) is 0 Å². The number of hydrogen-bond acceptors (Lipinski definition) is 3. The lowest BCUT2D eigenvalue weighted by atomic mass is 10.2. The molecule has 1 saturated heterocycles. The van der Waals surface area contributed by atoms with Crippen molar-refractivity contribution in [2.24, 2.45) is 0 Å². The monoisotopic (exact) mass is 284 g/mol. The van der Waals surface area contributed by atoms with Crippen molar-refractivity contribution in [2.75, 3.05) is 31.5 Å². The number of anilines is 1. The van der Waals surface area contributed by atoms with Crippen LogP contribution in [0, 0.1) is 0 Å². The minimum absolute atomic E-state index is 0.154. The van der Waals surface area contributed by atoms with Crippen molar-refractivity contribution in [1.29, 1.82) is 0 Å². The number of rotatable bonds is 2. The van der Waals surface area contributed by atoms with Gasteiger partial charge in [-0.3, -0.25) is 9.78 Å². The number of nitrogens with one attached hydrogen (secondary N) is 1. The number of hydrogen-bond donors (Lipinski definition) is 1. The first-order valence-electron chi connectivity index (χ1n) is 6.87. The van der Waals surface area contributed by atoms with Gasteiger partial charge in [0, 0.05) is 37.8 Å². The maximum absolute atomic E-state index is 12.3. The van der Waals surface area contributed by atoms with Gasteiger partial charge in [-0.2, -0.15) is 0 Å². The summed E-state index contributed by atoms with van der Waals surface area (Å²) in [6, 6.07) is 9.37. The molecule has 0 saturated carbocycles. The van der Waals surface area contributed by atoms with Crippen LogP contribution in [0.4, 0.5) is 10.5 Å². The van der Waals surface area contributed by atoms with Crippen molar-refractivity contribution >= 4 is 29.0 Å². The summed E-state index contributed by atoms with van der Waals surface area (Å²) in [6.45, 7) is 2.24. The molecule has 0 spiro atoms. The van der Waals surface area contributed by atoms with Gasteiger partial charge in [-0.15, -0.1) is 0 Å². The van der Waals surface area contributed by atoms with Crippen LogP contribution in [-0.2, 0) is 4.79 Å². The van der Waals surface area contributed by atoms with Crippen LogP contribution in [0.1, 0.15) is 0 Å². The molecular weight excluding hydrogens is 268 g/mol. The predicted octanol–water partition coefficient (Wildman–Crippen LogP) is 1.54. The zero-order chi connectivity index (χ0) is 14.7. The topological polar surface area (TPSA) is 65.5 Å². The van der Waals surface area contributed by atoms with Gasteiger partial charge < -0.3 is 15.1 Å². The average molecular weight is 284 g/mol. The van der Waals surface area contributed by atoms with Crippen molar-refractivity contribution in [1.82, 2.24) is 14.8 Å². The second kappa shape index (κ2) is 5.78. The molecule has 1 aliphatic heterocycles. The van der Waals surface area contributed by atoms with E-state index in [0.29, 0.717) is 31.9 Å². The number of para-hydroxylation sites is 1. The molecule has 1 aromatic heterocycles. The molecule has 21 heavy (non-hydrogen) atoms. The van der Waals surface area contributed by atoms with E-state index in [0.717, 1.165) is 17.3 Å². The Morgan fingerprint density at radius 1 is 1.14 bits per heavy atom. The van der Waals surface area contributed by atoms with E-state index in [4.69, 9.17) is 0 Å². The normalized spacial score (nSPS) is 15.0. The molecule has 0 atom stereocenters. The van der Waals surface area contributed by atoms with Gasteiger partial charge in [0.15, 0.2) is 0 Å². The molecule has 0 bridgehead atoms. The molecule has 6 heteroatoms. The highest BCUT2D eigenvalue weighted by atomic mass is 16.2. The molecule has 1 aliphatic rings. The number of urea groups is 1. The van der Waals surface area contributed by atoms with Crippen molar-refractivity contribution < 1.29 is 9.59 Å². The second-order valence-electron chi connectivity index (χ2n) is 4.94. The van der Waals surface area contributed by atoms with Crippen LogP contribution in [0.5, 0.6) is 0 Å². The fourth-order valence-corrected chi connectivity index (χ4v) is 2.43. The van der Waals surface area contributed by atoms with Gasteiger partial charge in [0.2, 0.25) is 6.41 Å². The van der Waals surface area contributed by atoms with Gasteiger partial charge in [-0.25, -0.2) is 4.79 Å². The molecule has 1 N–H and O–H groups in total. The molecule has 1 fully saturated rings. The van der Waals surface area contributed by atoms with Crippen molar-refractivity contribution in [2.45, 2.75) is 0 Å². The third-order valence-electron chi connectivity index (χ3n) is 3.62. The molecule has 0 radical (unpaired) electrons.